The van der Waals surface area contributed by atoms with Crippen LogP contribution in [0.5, 0.6) is 11.5 Å². The van der Waals surface area contributed by atoms with E-state index in [2.05, 4.69) is 0 Å². The molecule has 0 aromatic heterocycles. The molecule has 0 heterocycles. The quantitative estimate of drug-likeness (QED) is 0.768. The fraction of sp³-hybridized carbons (Fsp3) is 0.133. The Morgan fingerprint density at radius 2 is 1.85 bits per heavy atom. The van der Waals surface area contributed by atoms with Crippen LogP contribution >= 0.6 is 23.2 Å². The molecule has 0 bridgehead atoms. The fourth-order valence-electron chi connectivity index (χ4n) is 1.67. The number of halogens is 2. The van der Waals surface area contributed by atoms with E-state index in [1.165, 1.54) is 7.11 Å². The first-order valence-corrected chi connectivity index (χ1v) is 6.59. The van der Waals surface area contributed by atoms with E-state index in [1.807, 2.05) is 6.07 Å². The van der Waals surface area contributed by atoms with E-state index in [-0.39, 0.29) is 0 Å². The average molecular weight is 311 g/mol. The topological polar surface area (TPSA) is 35.5 Å². The first-order chi connectivity index (χ1) is 9.63. The summed E-state index contributed by atoms with van der Waals surface area (Å²) in [5.41, 5.74) is 1.42. The smallest absolute Gasteiger partial charge is 0.161 e. The molecule has 0 radical (unpaired) electrons. The number of carbonyl (C=O) groups is 1. The molecule has 2 aromatic rings. The monoisotopic (exact) mass is 310 g/mol. The zero-order valence-corrected chi connectivity index (χ0v) is 12.2. The molecule has 0 aliphatic carbocycles. The lowest BCUT2D eigenvalue weighted by Gasteiger charge is -2.11. The maximum absolute atomic E-state index is 10.7. The molecule has 0 saturated carbocycles. The molecule has 3 nitrogen and oxygen atoms in total. The first-order valence-electron chi connectivity index (χ1n) is 5.84. The van der Waals surface area contributed by atoms with Crippen LogP contribution in [0, 0.1) is 0 Å². The number of carbonyl (C=O) groups excluding carboxylic acids is 1. The highest BCUT2D eigenvalue weighted by atomic mass is 35.5. The fourth-order valence-corrected chi connectivity index (χ4v) is 1.99. The minimum atomic E-state index is 0.327. The summed E-state index contributed by atoms with van der Waals surface area (Å²) in [7, 11) is 1.52. The van der Waals surface area contributed by atoms with Crippen molar-refractivity contribution in [3.05, 3.63) is 57.6 Å². The van der Waals surface area contributed by atoms with Gasteiger partial charge in [-0.15, -0.1) is 0 Å². The van der Waals surface area contributed by atoms with Gasteiger partial charge in [0, 0.05) is 5.56 Å². The largest absolute Gasteiger partial charge is 0.493 e. The van der Waals surface area contributed by atoms with Gasteiger partial charge < -0.3 is 9.47 Å². The minimum Gasteiger partial charge on any atom is -0.493 e. The van der Waals surface area contributed by atoms with Crippen molar-refractivity contribution >= 4 is 29.5 Å². The van der Waals surface area contributed by atoms with Gasteiger partial charge in [0.1, 0.15) is 12.9 Å². The zero-order valence-electron chi connectivity index (χ0n) is 10.7. The second-order valence-electron chi connectivity index (χ2n) is 4.07. The van der Waals surface area contributed by atoms with Crippen LogP contribution in [0.1, 0.15) is 15.9 Å². The Hall–Kier alpha value is -1.71. The van der Waals surface area contributed by atoms with E-state index in [0.29, 0.717) is 33.7 Å². The number of hydrogen-bond donors (Lipinski definition) is 0. The van der Waals surface area contributed by atoms with E-state index in [4.69, 9.17) is 32.7 Å². The molecular weight excluding hydrogens is 299 g/mol. The van der Waals surface area contributed by atoms with Crippen LogP contribution in [0.3, 0.4) is 0 Å². The molecule has 0 unspecified atom stereocenters. The van der Waals surface area contributed by atoms with E-state index in [0.717, 1.165) is 11.8 Å². The highest BCUT2D eigenvalue weighted by molar-refractivity contribution is 6.42. The number of hydrogen-bond acceptors (Lipinski definition) is 3. The van der Waals surface area contributed by atoms with Crippen LogP contribution in [0.15, 0.2) is 36.4 Å². The predicted octanol–water partition coefficient (Wildman–Crippen LogP) is 4.39. The third-order valence-electron chi connectivity index (χ3n) is 2.70. The van der Waals surface area contributed by atoms with Crippen molar-refractivity contribution in [2.24, 2.45) is 0 Å². The van der Waals surface area contributed by atoms with Crippen LogP contribution in [0.4, 0.5) is 0 Å². The Labute approximate surface area is 127 Å². The van der Waals surface area contributed by atoms with Gasteiger partial charge in [-0.3, -0.25) is 4.79 Å². The average Bonchev–Trinajstić information content (AvgIpc) is 2.48. The predicted molar refractivity (Wildman–Crippen MR) is 79.2 cm³/mol. The third-order valence-corrected chi connectivity index (χ3v) is 3.44. The lowest BCUT2D eigenvalue weighted by molar-refractivity contribution is 0.112. The molecule has 0 fully saturated rings. The molecule has 5 heteroatoms. The molecular formula is C15H12Cl2O3. The van der Waals surface area contributed by atoms with Crippen LogP contribution in [-0.2, 0) is 6.61 Å². The summed E-state index contributed by atoms with van der Waals surface area (Å²) in [6, 6.07) is 10.3. The molecule has 0 amide bonds. The molecule has 20 heavy (non-hydrogen) atoms. The van der Waals surface area contributed by atoms with Gasteiger partial charge in [0.15, 0.2) is 11.5 Å². The lowest BCUT2D eigenvalue weighted by atomic mass is 10.2. The molecule has 0 atom stereocenters. The van der Waals surface area contributed by atoms with Crippen molar-refractivity contribution in [1.82, 2.24) is 0 Å². The summed E-state index contributed by atoms with van der Waals surface area (Å²) in [5, 5.41) is 0.986. The Balaban J connectivity index is 2.13. The molecule has 2 rings (SSSR count). The maximum atomic E-state index is 10.7. The number of benzene rings is 2. The standard InChI is InChI=1S/C15H12Cl2O3/c1-19-15-7-10(8-18)3-5-14(15)20-9-11-2-4-12(16)13(17)6-11/h2-8H,9H2,1H3. The van der Waals surface area contributed by atoms with Gasteiger partial charge in [-0.05, 0) is 35.9 Å². The van der Waals surface area contributed by atoms with Gasteiger partial charge >= 0.3 is 0 Å². The summed E-state index contributed by atoms with van der Waals surface area (Å²) in [4.78, 5) is 10.7. The van der Waals surface area contributed by atoms with Crippen molar-refractivity contribution < 1.29 is 14.3 Å². The minimum absolute atomic E-state index is 0.327. The summed E-state index contributed by atoms with van der Waals surface area (Å²) in [6.07, 6.45) is 0.755. The highest BCUT2D eigenvalue weighted by Gasteiger charge is 2.07. The van der Waals surface area contributed by atoms with Crippen molar-refractivity contribution in [3.63, 3.8) is 0 Å². The van der Waals surface area contributed by atoms with Gasteiger partial charge in [-0.1, -0.05) is 29.3 Å². The molecule has 104 valence electrons. The Kier molecular flexibility index (Phi) is 4.88. The number of rotatable bonds is 5. The summed E-state index contributed by atoms with van der Waals surface area (Å²) < 4.78 is 10.9. The second-order valence-corrected chi connectivity index (χ2v) is 4.88. The van der Waals surface area contributed by atoms with Gasteiger partial charge in [0.2, 0.25) is 0 Å². The number of ether oxygens (including phenoxy) is 2. The van der Waals surface area contributed by atoms with Crippen LogP contribution in [-0.4, -0.2) is 13.4 Å². The normalized spacial score (nSPS) is 10.2. The summed E-state index contributed by atoms with van der Waals surface area (Å²) in [6.45, 7) is 0.327. The molecule has 0 saturated heterocycles. The van der Waals surface area contributed by atoms with Gasteiger partial charge in [0.25, 0.3) is 0 Å². The molecule has 0 N–H and O–H groups in total. The van der Waals surface area contributed by atoms with Gasteiger partial charge in [-0.2, -0.15) is 0 Å². The van der Waals surface area contributed by atoms with Crippen LogP contribution < -0.4 is 9.47 Å². The summed E-state index contributed by atoms with van der Waals surface area (Å²) in [5.74, 6) is 1.07. The highest BCUT2D eigenvalue weighted by Crippen LogP contribution is 2.29. The van der Waals surface area contributed by atoms with E-state index >= 15 is 0 Å². The third kappa shape index (κ3) is 3.44. The van der Waals surface area contributed by atoms with Crippen LogP contribution in [0.2, 0.25) is 10.0 Å². The van der Waals surface area contributed by atoms with Gasteiger partial charge in [-0.25, -0.2) is 0 Å². The van der Waals surface area contributed by atoms with Crippen molar-refractivity contribution in [3.8, 4) is 11.5 Å². The molecule has 0 spiro atoms. The Bertz CT molecular complexity index is 627. The van der Waals surface area contributed by atoms with Gasteiger partial charge in [0.05, 0.1) is 17.2 Å². The van der Waals surface area contributed by atoms with E-state index in [1.54, 1.807) is 30.3 Å². The van der Waals surface area contributed by atoms with Crippen molar-refractivity contribution in [1.29, 1.82) is 0 Å². The Morgan fingerprint density at radius 3 is 2.50 bits per heavy atom. The van der Waals surface area contributed by atoms with E-state index < -0.39 is 0 Å². The number of methoxy groups -OCH3 is 1. The summed E-state index contributed by atoms with van der Waals surface area (Å²) >= 11 is 11.8. The van der Waals surface area contributed by atoms with Crippen molar-refractivity contribution in [2.45, 2.75) is 6.61 Å². The van der Waals surface area contributed by atoms with E-state index in [9.17, 15) is 4.79 Å². The lowest BCUT2D eigenvalue weighted by Crippen LogP contribution is -1.98. The number of aldehydes is 1. The maximum Gasteiger partial charge on any atom is 0.161 e. The molecule has 0 aliphatic rings. The van der Waals surface area contributed by atoms with Crippen LogP contribution in [0.25, 0.3) is 0 Å². The zero-order chi connectivity index (χ0) is 14.5. The SMILES string of the molecule is COc1cc(C=O)ccc1OCc1ccc(Cl)c(Cl)c1. The second kappa shape index (κ2) is 6.64. The van der Waals surface area contributed by atoms with Crippen molar-refractivity contribution in [2.75, 3.05) is 7.11 Å². The Morgan fingerprint density at radius 1 is 1.05 bits per heavy atom. The molecule has 2 aromatic carbocycles. The molecule has 0 aliphatic heterocycles. The first kappa shape index (κ1) is 14.7.